The Morgan fingerprint density at radius 2 is 1.52 bits per heavy atom. The van der Waals surface area contributed by atoms with Crippen molar-refractivity contribution in [2.24, 2.45) is 0 Å². The lowest BCUT2D eigenvalue weighted by Gasteiger charge is -2.25. The number of nitro benzene ring substituents is 1. The Balaban J connectivity index is 1.93. The molecule has 0 radical (unpaired) electrons. The van der Waals surface area contributed by atoms with E-state index in [1.807, 2.05) is 0 Å². The maximum absolute atomic E-state index is 13.0. The Labute approximate surface area is 176 Å². The van der Waals surface area contributed by atoms with Crippen molar-refractivity contribution >= 4 is 28.8 Å². The van der Waals surface area contributed by atoms with E-state index in [0.717, 1.165) is 0 Å². The third kappa shape index (κ3) is 3.51. The molecule has 31 heavy (non-hydrogen) atoms. The first-order chi connectivity index (χ1) is 14.9. The van der Waals surface area contributed by atoms with Crippen molar-refractivity contribution < 1.29 is 24.7 Å². The van der Waals surface area contributed by atoms with E-state index in [-0.39, 0.29) is 22.8 Å². The average Bonchev–Trinajstić information content (AvgIpc) is 3.05. The predicted molar refractivity (Wildman–Crippen MR) is 112 cm³/mol. The lowest BCUT2D eigenvalue weighted by atomic mass is 9.95. The third-order valence-corrected chi connectivity index (χ3v) is 5.04. The first-order valence-corrected chi connectivity index (χ1v) is 9.28. The second-order valence-corrected chi connectivity index (χ2v) is 6.90. The molecule has 8 heteroatoms. The summed E-state index contributed by atoms with van der Waals surface area (Å²) in [5, 5.41) is 31.5. The van der Waals surface area contributed by atoms with Crippen LogP contribution in [-0.4, -0.2) is 26.8 Å². The van der Waals surface area contributed by atoms with Gasteiger partial charge in [-0.2, -0.15) is 0 Å². The molecule has 8 nitrogen and oxygen atoms in total. The summed E-state index contributed by atoms with van der Waals surface area (Å²) in [6, 6.07) is 18.5. The van der Waals surface area contributed by atoms with Crippen LogP contribution in [-0.2, 0) is 9.59 Å². The number of aliphatic hydroxyl groups excluding tert-OH is 1. The summed E-state index contributed by atoms with van der Waals surface area (Å²) in [5.41, 5.74) is 0.829. The molecule has 1 saturated heterocycles. The summed E-state index contributed by atoms with van der Waals surface area (Å²) in [6.07, 6.45) is 0. The van der Waals surface area contributed by atoms with Gasteiger partial charge in [-0.05, 0) is 42.0 Å². The maximum atomic E-state index is 13.0. The van der Waals surface area contributed by atoms with E-state index >= 15 is 0 Å². The van der Waals surface area contributed by atoms with Gasteiger partial charge in [-0.15, -0.1) is 0 Å². The number of hydrogen-bond acceptors (Lipinski definition) is 6. The molecule has 0 aliphatic carbocycles. The van der Waals surface area contributed by atoms with E-state index in [4.69, 9.17) is 0 Å². The number of ketones is 1. The lowest BCUT2D eigenvalue weighted by molar-refractivity contribution is -0.384. The van der Waals surface area contributed by atoms with Crippen LogP contribution in [0.1, 0.15) is 17.2 Å². The van der Waals surface area contributed by atoms with Crippen LogP contribution >= 0.6 is 0 Å². The van der Waals surface area contributed by atoms with E-state index < -0.39 is 22.7 Å². The van der Waals surface area contributed by atoms with Gasteiger partial charge in [0.05, 0.1) is 16.5 Å². The van der Waals surface area contributed by atoms with Crippen LogP contribution in [0.3, 0.4) is 0 Å². The average molecular weight is 416 g/mol. The van der Waals surface area contributed by atoms with Crippen LogP contribution in [0.4, 0.5) is 11.4 Å². The van der Waals surface area contributed by atoms with Gasteiger partial charge < -0.3 is 10.2 Å². The highest BCUT2D eigenvalue weighted by molar-refractivity contribution is 6.51. The summed E-state index contributed by atoms with van der Waals surface area (Å²) >= 11 is 0. The van der Waals surface area contributed by atoms with Crippen molar-refractivity contribution in [3.05, 3.63) is 106 Å². The van der Waals surface area contributed by atoms with Gasteiger partial charge in [0.15, 0.2) is 0 Å². The van der Waals surface area contributed by atoms with E-state index in [0.29, 0.717) is 16.8 Å². The monoisotopic (exact) mass is 416 g/mol. The second kappa shape index (κ2) is 7.75. The van der Waals surface area contributed by atoms with Gasteiger partial charge in [-0.1, -0.05) is 30.3 Å². The van der Waals surface area contributed by atoms with Crippen LogP contribution in [0.15, 0.2) is 84.4 Å². The normalized spacial score (nSPS) is 17.7. The fourth-order valence-electron chi connectivity index (χ4n) is 3.56. The van der Waals surface area contributed by atoms with E-state index in [1.54, 1.807) is 30.3 Å². The molecule has 3 aromatic rings. The van der Waals surface area contributed by atoms with Crippen molar-refractivity contribution in [1.82, 2.24) is 0 Å². The van der Waals surface area contributed by atoms with Crippen LogP contribution in [0, 0.1) is 10.1 Å². The van der Waals surface area contributed by atoms with Gasteiger partial charge in [-0.25, -0.2) is 0 Å². The van der Waals surface area contributed by atoms with E-state index in [1.165, 1.54) is 53.4 Å². The summed E-state index contributed by atoms with van der Waals surface area (Å²) in [7, 11) is 0. The van der Waals surface area contributed by atoms with Gasteiger partial charge in [0, 0.05) is 23.4 Å². The van der Waals surface area contributed by atoms with Crippen LogP contribution in [0.2, 0.25) is 0 Å². The first-order valence-electron chi connectivity index (χ1n) is 9.28. The number of nitro groups is 1. The smallest absolute Gasteiger partial charge is 0.300 e. The number of carbonyl (C=O) groups excluding carboxylic acids is 2. The van der Waals surface area contributed by atoms with Crippen molar-refractivity contribution in [2.45, 2.75) is 6.04 Å². The van der Waals surface area contributed by atoms with Gasteiger partial charge in [0.2, 0.25) is 0 Å². The van der Waals surface area contributed by atoms with Gasteiger partial charge in [0.25, 0.3) is 17.4 Å². The Bertz CT molecular complexity index is 1200. The zero-order valence-electron chi connectivity index (χ0n) is 16.0. The van der Waals surface area contributed by atoms with Crippen molar-refractivity contribution in [3.63, 3.8) is 0 Å². The Kier molecular flexibility index (Phi) is 4.96. The number of rotatable bonds is 4. The molecule has 0 spiro atoms. The number of amides is 1. The molecule has 0 unspecified atom stereocenters. The zero-order valence-corrected chi connectivity index (χ0v) is 16.0. The standard InChI is InChI=1S/C23H16N2O6/c26-18-12-10-16(11-13-18)24-20(14-6-8-17(9-7-14)25(30)31)19(22(28)23(24)29)21(27)15-4-2-1-3-5-15/h1-13,20,26-27H/b21-19+/t20-/m1/s1. The van der Waals surface area contributed by atoms with Crippen molar-refractivity contribution in [3.8, 4) is 5.75 Å². The molecule has 154 valence electrons. The topological polar surface area (TPSA) is 121 Å². The first kappa shape index (κ1) is 19.8. The molecule has 0 saturated carbocycles. The second-order valence-electron chi connectivity index (χ2n) is 6.90. The quantitative estimate of drug-likeness (QED) is 0.219. The molecule has 0 bridgehead atoms. The number of phenolic OH excluding ortho intramolecular Hbond substituents is 1. The predicted octanol–water partition coefficient (Wildman–Crippen LogP) is 3.93. The molecule has 3 aromatic carbocycles. The minimum atomic E-state index is -1.01. The highest BCUT2D eigenvalue weighted by Gasteiger charge is 2.47. The summed E-state index contributed by atoms with van der Waals surface area (Å²) in [6.45, 7) is 0. The number of phenols is 1. The minimum absolute atomic E-state index is 0.0171. The highest BCUT2D eigenvalue weighted by atomic mass is 16.6. The molecule has 1 fully saturated rings. The largest absolute Gasteiger partial charge is 0.508 e. The molecule has 1 atom stereocenters. The number of Topliss-reactive ketones (excluding diaryl/α,β-unsaturated/α-hetero) is 1. The fraction of sp³-hybridized carbons (Fsp3) is 0.0435. The Morgan fingerprint density at radius 3 is 2.10 bits per heavy atom. The number of nitrogens with zero attached hydrogens (tertiary/aromatic N) is 2. The molecule has 1 aliphatic rings. The van der Waals surface area contributed by atoms with Crippen LogP contribution in [0.25, 0.3) is 5.76 Å². The molecule has 2 N–H and O–H groups in total. The minimum Gasteiger partial charge on any atom is -0.508 e. The zero-order chi connectivity index (χ0) is 22.1. The lowest BCUT2D eigenvalue weighted by Crippen LogP contribution is -2.29. The van der Waals surface area contributed by atoms with Crippen LogP contribution in [0.5, 0.6) is 5.75 Å². The van der Waals surface area contributed by atoms with Gasteiger partial charge >= 0.3 is 0 Å². The number of aliphatic hydroxyl groups is 1. The number of non-ortho nitro benzene ring substituents is 1. The number of carbonyl (C=O) groups is 2. The number of hydrogen-bond donors (Lipinski definition) is 2. The highest BCUT2D eigenvalue weighted by Crippen LogP contribution is 2.42. The molecule has 1 heterocycles. The maximum Gasteiger partial charge on any atom is 0.300 e. The Morgan fingerprint density at radius 1 is 0.903 bits per heavy atom. The summed E-state index contributed by atoms with van der Waals surface area (Å²) in [4.78, 5) is 37.6. The van der Waals surface area contributed by atoms with Crippen LogP contribution < -0.4 is 4.90 Å². The number of benzene rings is 3. The third-order valence-electron chi connectivity index (χ3n) is 5.04. The molecule has 4 rings (SSSR count). The van der Waals surface area contributed by atoms with Gasteiger partial charge in [-0.3, -0.25) is 24.6 Å². The molecule has 1 aliphatic heterocycles. The molecule has 0 aromatic heterocycles. The molecular weight excluding hydrogens is 400 g/mol. The number of anilines is 1. The van der Waals surface area contributed by atoms with E-state index in [9.17, 15) is 29.9 Å². The summed E-state index contributed by atoms with van der Waals surface area (Å²) < 4.78 is 0. The summed E-state index contributed by atoms with van der Waals surface area (Å²) in [5.74, 6) is -2.09. The molecule has 1 amide bonds. The number of aromatic hydroxyl groups is 1. The van der Waals surface area contributed by atoms with E-state index in [2.05, 4.69) is 0 Å². The van der Waals surface area contributed by atoms with Crippen molar-refractivity contribution in [1.29, 1.82) is 0 Å². The van der Waals surface area contributed by atoms with Crippen molar-refractivity contribution in [2.75, 3.05) is 4.90 Å². The van der Waals surface area contributed by atoms with Gasteiger partial charge in [0.1, 0.15) is 11.5 Å². The fourth-order valence-corrected chi connectivity index (χ4v) is 3.56. The molecular formula is C23H16N2O6. The Hall–Kier alpha value is -4.46. The SMILES string of the molecule is O=C1C(=O)N(c2ccc(O)cc2)[C@H](c2ccc([N+](=O)[O-])cc2)/C1=C(\O)c1ccccc1.